The second-order valence-electron chi connectivity index (χ2n) is 5.09. The van der Waals surface area contributed by atoms with E-state index in [1.807, 2.05) is 7.05 Å². The van der Waals surface area contributed by atoms with Crippen molar-refractivity contribution < 1.29 is 4.92 Å². The van der Waals surface area contributed by atoms with Gasteiger partial charge in [0.2, 0.25) is 5.95 Å². The summed E-state index contributed by atoms with van der Waals surface area (Å²) in [4.78, 5) is 20.3. The van der Waals surface area contributed by atoms with Crippen LogP contribution in [0.1, 0.15) is 12.8 Å². The van der Waals surface area contributed by atoms with Gasteiger partial charge in [0.05, 0.1) is 16.0 Å². The van der Waals surface area contributed by atoms with Gasteiger partial charge in [0.1, 0.15) is 0 Å². The molecule has 1 saturated heterocycles. The van der Waals surface area contributed by atoms with E-state index in [2.05, 4.69) is 20.2 Å². The lowest BCUT2D eigenvalue weighted by Crippen LogP contribution is -2.44. The Morgan fingerprint density at radius 1 is 1.55 bits per heavy atom. The van der Waals surface area contributed by atoms with Gasteiger partial charge in [-0.3, -0.25) is 10.1 Å². The second-order valence-corrected chi connectivity index (χ2v) is 5.09. The lowest BCUT2D eigenvalue weighted by Gasteiger charge is -2.32. The minimum atomic E-state index is -0.391. The Bertz CT molecular complexity index is 639. The fourth-order valence-corrected chi connectivity index (χ4v) is 2.65. The normalized spacial score (nSPS) is 19.4. The van der Waals surface area contributed by atoms with Crippen molar-refractivity contribution in [3.63, 3.8) is 0 Å². The average molecular weight is 275 g/mol. The zero-order valence-electron chi connectivity index (χ0n) is 11.3. The number of non-ortho nitro benzene ring substituents is 1. The van der Waals surface area contributed by atoms with Gasteiger partial charge >= 0.3 is 0 Å². The number of H-pyrrole nitrogens is 1. The lowest BCUT2D eigenvalue weighted by atomic mass is 10.1. The summed E-state index contributed by atoms with van der Waals surface area (Å²) < 4.78 is 0. The van der Waals surface area contributed by atoms with Crippen LogP contribution in [0.5, 0.6) is 0 Å². The highest BCUT2D eigenvalue weighted by Crippen LogP contribution is 2.24. The maximum Gasteiger partial charge on any atom is 0.271 e. The highest BCUT2D eigenvalue weighted by Gasteiger charge is 2.21. The molecule has 1 atom stereocenters. The maximum atomic E-state index is 10.8. The van der Waals surface area contributed by atoms with Gasteiger partial charge in [-0.05, 0) is 26.0 Å². The van der Waals surface area contributed by atoms with Crippen LogP contribution in [0.25, 0.3) is 11.0 Å². The van der Waals surface area contributed by atoms with Crippen LogP contribution in [-0.4, -0.2) is 41.1 Å². The Morgan fingerprint density at radius 2 is 2.40 bits per heavy atom. The van der Waals surface area contributed by atoms with Crippen LogP contribution in [0.3, 0.4) is 0 Å². The molecule has 0 spiro atoms. The number of nitrogens with one attached hydrogen (secondary N) is 2. The van der Waals surface area contributed by atoms with Gasteiger partial charge in [-0.15, -0.1) is 0 Å². The zero-order valence-corrected chi connectivity index (χ0v) is 11.3. The molecule has 1 unspecified atom stereocenters. The summed E-state index contributed by atoms with van der Waals surface area (Å²) in [6.07, 6.45) is 2.28. The summed E-state index contributed by atoms with van der Waals surface area (Å²) in [6.45, 7) is 1.86. The summed E-state index contributed by atoms with van der Waals surface area (Å²) in [6, 6.07) is 5.17. The first kappa shape index (κ1) is 12.9. The van der Waals surface area contributed by atoms with Gasteiger partial charge in [0.15, 0.2) is 0 Å². The topological polar surface area (TPSA) is 87.1 Å². The molecule has 20 heavy (non-hydrogen) atoms. The minimum absolute atomic E-state index is 0.0828. The smallest absolute Gasteiger partial charge is 0.271 e. The number of benzene rings is 1. The molecule has 3 rings (SSSR count). The Balaban J connectivity index is 1.90. The maximum absolute atomic E-state index is 10.8. The number of aromatic amines is 1. The van der Waals surface area contributed by atoms with E-state index in [1.54, 1.807) is 6.07 Å². The highest BCUT2D eigenvalue weighted by atomic mass is 16.6. The first-order chi connectivity index (χ1) is 9.67. The highest BCUT2D eigenvalue weighted by molar-refractivity contribution is 5.80. The van der Waals surface area contributed by atoms with Crippen molar-refractivity contribution in [1.29, 1.82) is 0 Å². The van der Waals surface area contributed by atoms with E-state index >= 15 is 0 Å². The largest absolute Gasteiger partial charge is 0.341 e. The molecule has 2 N–H and O–H groups in total. The van der Waals surface area contributed by atoms with Crippen molar-refractivity contribution in [1.82, 2.24) is 15.3 Å². The van der Waals surface area contributed by atoms with Gasteiger partial charge in [-0.25, -0.2) is 4.98 Å². The van der Waals surface area contributed by atoms with Crippen LogP contribution in [0, 0.1) is 10.1 Å². The van der Waals surface area contributed by atoms with Gasteiger partial charge in [0, 0.05) is 31.3 Å². The summed E-state index contributed by atoms with van der Waals surface area (Å²) in [7, 11) is 1.97. The van der Waals surface area contributed by atoms with Crippen molar-refractivity contribution >= 4 is 22.7 Å². The van der Waals surface area contributed by atoms with E-state index < -0.39 is 4.92 Å². The number of nitrogens with zero attached hydrogens (tertiary/aromatic N) is 3. The summed E-state index contributed by atoms with van der Waals surface area (Å²) in [5.41, 5.74) is 1.55. The van der Waals surface area contributed by atoms with Crippen molar-refractivity contribution in [2.24, 2.45) is 0 Å². The Labute approximate surface area is 116 Å². The number of aromatic nitrogens is 2. The molecule has 1 aliphatic heterocycles. The lowest BCUT2D eigenvalue weighted by molar-refractivity contribution is -0.384. The predicted molar refractivity (Wildman–Crippen MR) is 77.0 cm³/mol. The van der Waals surface area contributed by atoms with E-state index in [1.165, 1.54) is 18.6 Å². The number of rotatable bonds is 3. The number of imidazole rings is 1. The first-order valence-electron chi connectivity index (χ1n) is 6.74. The molecule has 2 heterocycles. The summed E-state index contributed by atoms with van der Waals surface area (Å²) in [5, 5.41) is 14.1. The Kier molecular flexibility index (Phi) is 3.27. The SMILES string of the molecule is CNC1CCCN(c2nc3ccc([N+](=O)[O-])cc3[nH]2)C1. The molecule has 1 aromatic heterocycles. The second kappa shape index (κ2) is 5.09. The Morgan fingerprint density at radius 3 is 3.15 bits per heavy atom. The third-order valence-corrected chi connectivity index (χ3v) is 3.79. The fraction of sp³-hybridized carbons (Fsp3) is 0.462. The van der Waals surface area contributed by atoms with Gasteiger partial charge in [-0.2, -0.15) is 0 Å². The quantitative estimate of drug-likeness (QED) is 0.657. The molecule has 0 aliphatic carbocycles. The fourth-order valence-electron chi connectivity index (χ4n) is 2.65. The number of hydrogen-bond acceptors (Lipinski definition) is 5. The molecule has 0 radical (unpaired) electrons. The monoisotopic (exact) mass is 275 g/mol. The van der Waals surface area contributed by atoms with E-state index in [0.717, 1.165) is 31.0 Å². The van der Waals surface area contributed by atoms with Crippen molar-refractivity contribution in [2.75, 3.05) is 25.0 Å². The molecule has 0 amide bonds. The molecule has 106 valence electrons. The third kappa shape index (κ3) is 2.32. The van der Waals surface area contributed by atoms with Crippen molar-refractivity contribution in [3.05, 3.63) is 28.3 Å². The minimum Gasteiger partial charge on any atom is -0.341 e. The number of nitro benzene ring substituents is 1. The third-order valence-electron chi connectivity index (χ3n) is 3.79. The van der Waals surface area contributed by atoms with Gasteiger partial charge in [0.25, 0.3) is 5.69 Å². The molecule has 1 aliphatic rings. The molecule has 0 bridgehead atoms. The molecule has 1 fully saturated rings. The zero-order chi connectivity index (χ0) is 14.1. The van der Waals surface area contributed by atoms with Crippen molar-refractivity contribution in [3.8, 4) is 0 Å². The molecule has 0 saturated carbocycles. The van der Waals surface area contributed by atoms with Gasteiger partial charge in [-0.1, -0.05) is 0 Å². The Hall–Kier alpha value is -2.15. The summed E-state index contributed by atoms with van der Waals surface area (Å²) >= 11 is 0. The van der Waals surface area contributed by atoms with Crippen molar-refractivity contribution in [2.45, 2.75) is 18.9 Å². The predicted octanol–water partition coefficient (Wildman–Crippen LogP) is 1.66. The molecular weight excluding hydrogens is 258 g/mol. The molecule has 7 nitrogen and oxygen atoms in total. The first-order valence-corrected chi connectivity index (χ1v) is 6.74. The number of anilines is 1. The molecule has 1 aromatic carbocycles. The summed E-state index contributed by atoms with van der Waals surface area (Å²) in [5.74, 6) is 0.792. The van der Waals surface area contributed by atoms with E-state index in [-0.39, 0.29) is 5.69 Å². The molecule has 2 aromatic rings. The average Bonchev–Trinajstić information content (AvgIpc) is 2.90. The number of piperidine rings is 1. The van der Waals surface area contributed by atoms with E-state index in [4.69, 9.17) is 0 Å². The van der Waals surface area contributed by atoms with Crippen LogP contribution in [-0.2, 0) is 0 Å². The molecular formula is C13H17N5O2. The van der Waals surface area contributed by atoms with Crippen LogP contribution in [0.2, 0.25) is 0 Å². The van der Waals surface area contributed by atoms with Crippen LogP contribution in [0.4, 0.5) is 11.6 Å². The van der Waals surface area contributed by atoms with Crippen LogP contribution >= 0.6 is 0 Å². The van der Waals surface area contributed by atoms with Crippen LogP contribution < -0.4 is 10.2 Å². The standard InChI is InChI=1S/C13H17N5O2/c1-14-9-3-2-6-17(8-9)13-15-11-5-4-10(18(19)20)7-12(11)16-13/h4-5,7,9,14H,2-3,6,8H2,1H3,(H,15,16). The van der Waals surface area contributed by atoms with E-state index in [0.29, 0.717) is 11.6 Å². The number of likely N-dealkylation sites (N-methyl/N-ethyl adjacent to an activating group) is 1. The molecule has 7 heteroatoms. The van der Waals surface area contributed by atoms with E-state index in [9.17, 15) is 10.1 Å². The van der Waals surface area contributed by atoms with Gasteiger partial charge < -0.3 is 15.2 Å². The number of nitro groups is 1. The van der Waals surface area contributed by atoms with Crippen LogP contribution in [0.15, 0.2) is 18.2 Å². The number of hydrogen-bond donors (Lipinski definition) is 2. The number of fused-ring (bicyclic) bond motifs is 1.